The van der Waals surface area contributed by atoms with Crippen LogP contribution in [0, 0.1) is 9.39 Å². The molecule has 0 aliphatic carbocycles. The predicted octanol–water partition coefficient (Wildman–Crippen LogP) is 5.73. The van der Waals surface area contributed by atoms with Crippen LogP contribution in [0.5, 0.6) is 11.5 Å². The van der Waals surface area contributed by atoms with E-state index >= 15 is 0 Å². The van der Waals surface area contributed by atoms with Crippen LogP contribution in [0.2, 0.25) is 5.02 Å². The lowest BCUT2D eigenvalue weighted by Gasteiger charge is -2.26. The van der Waals surface area contributed by atoms with Crippen molar-refractivity contribution in [2.75, 3.05) is 11.5 Å². The summed E-state index contributed by atoms with van der Waals surface area (Å²) in [4.78, 5) is 39.0. The van der Waals surface area contributed by atoms with Crippen molar-refractivity contribution in [3.63, 3.8) is 0 Å². The quantitative estimate of drug-likeness (QED) is 0.207. The largest absolute Gasteiger partial charge is 0.490 e. The van der Waals surface area contributed by atoms with Crippen molar-refractivity contribution in [2.45, 2.75) is 13.5 Å². The molecule has 0 aromatic heterocycles. The van der Waals surface area contributed by atoms with Gasteiger partial charge in [0.05, 0.1) is 15.9 Å². The van der Waals surface area contributed by atoms with Gasteiger partial charge >= 0.3 is 6.03 Å². The molecule has 184 valence electrons. The summed E-state index contributed by atoms with van der Waals surface area (Å²) < 4.78 is 25.8. The second-order valence-corrected chi connectivity index (χ2v) is 9.22. The maximum Gasteiger partial charge on any atom is 0.335 e. The minimum atomic E-state index is -0.866. The average molecular weight is 621 g/mol. The molecule has 36 heavy (non-hydrogen) atoms. The molecule has 1 N–H and O–H groups in total. The zero-order valence-corrected chi connectivity index (χ0v) is 21.8. The standard InChI is InChI=1S/C26H19ClFIN2O5/c1-2-35-22-12-16(11-21(29)23(22)36-14-15-5-3-7-18(28)9-15)10-20-24(32)30-26(34)31(25(20)33)19-8-4-6-17(27)13-19/h3-13H,2,14H2,1H3,(H,30,32,34)/b20-10+. The van der Waals surface area contributed by atoms with Crippen molar-refractivity contribution < 1.29 is 28.2 Å². The maximum absolute atomic E-state index is 13.5. The molecule has 3 aromatic rings. The third-order valence-corrected chi connectivity index (χ3v) is 6.12. The summed E-state index contributed by atoms with van der Waals surface area (Å²) in [6, 6.07) is 14.7. The molecule has 10 heteroatoms. The average Bonchev–Trinajstić information content (AvgIpc) is 2.81. The number of rotatable bonds is 7. The number of nitrogens with zero attached hydrogens (tertiary/aromatic N) is 1. The van der Waals surface area contributed by atoms with Crippen LogP contribution in [0.25, 0.3) is 6.08 Å². The number of hydrogen-bond acceptors (Lipinski definition) is 5. The summed E-state index contributed by atoms with van der Waals surface area (Å²) in [5.74, 6) is -1.13. The summed E-state index contributed by atoms with van der Waals surface area (Å²) in [7, 11) is 0. The number of hydrogen-bond donors (Lipinski definition) is 1. The third kappa shape index (κ3) is 5.68. The van der Waals surface area contributed by atoms with Crippen LogP contribution in [0.15, 0.2) is 66.2 Å². The number of imide groups is 2. The number of carbonyl (C=O) groups excluding carboxylic acids is 3. The second kappa shape index (κ2) is 11.1. The number of nitrogens with one attached hydrogen (secondary N) is 1. The fourth-order valence-electron chi connectivity index (χ4n) is 3.53. The zero-order valence-electron chi connectivity index (χ0n) is 18.9. The molecule has 1 saturated heterocycles. The Morgan fingerprint density at radius 3 is 2.56 bits per heavy atom. The Labute approximate surface area is 225 Å². The number of benzene rings is 3. The van der Waals surface area contributed by atoms with Crippen LogP contribution in [-0.2, 0) is 16.2 Å². The molecule has 0 radical (unpaired) electrons. The summed E-state index contributed by atoms with van der Waals surface area (Å²) in [6.07, 6.45) is 1.38. The molecule has 0 spiro atoms. The van der Waals surface area contributed by atoms with E-state index in [1.54, 1.807) is 43.3 Å². The van der Waals surface area contributed by atoms with Gasteiger partial charge in [-0.15, -0.1) is 0 Å². The van der Waals surface area contributed by atoms with Gasteiger partial charge in [0.15, 0.2) is 11.5 Å². The van der Waals surface area contributed by atoms with Gasteiger partial charge in [-0.2, -0.15) is 0 Å². The van der Waals surface area contributed by atoms with Crippen LogP contribution in [-0.4, -0.2) is 24.5 Å². The molecule has 4 rings (SSSR count). The van der Waals surface area contributed by atoms with E-state index in [1.807, 2.05) is 0 Å². The van der Waals surface area contributed by atoms with E-state index in [-0.39, 0.29) is 23.7 Å². The van der Waals surface area contributed by atoms with Crippen molar-refractivity contribution >= 4 is 63.8 Å². The topological polar surface area (TPSA) is 84.9 Å². The van der Waals surface area contributed by atoms with Crippen molar-refractivity contribution in [1.29, 1.82) is 0 Å². The molecule has 4 amide bonds. The number of barbiturate groups is 1. The van der Waals surface area contributed by atoms with Crippen LogP contribution >= 0.6 is 34.2 Å². The molecular formula is C26H19ClFIN2O5. The molecule has 1 heterocycles. The summed E-state index contributed by atoms with van der Waals surface area (Å²) >= 11 is 8.06. The number of amides is 4. The fraction of sp³-hybridized carbons (Fsp3) is 0.115. The number of ether oxygens (including phenoxy) is 2. The first kappa shape index (κ1) is 25.6. The highest BCUT2D eigenvalue weighted by molar-refractivity contribution is 14.1. The monoisotopic (exact) mass is 620 g/mol. The molecular weight excluding hydrogens is 602 g/mol. The van der Waals surface area contributed by atoms with Gasteiger partial charge in [-0.3, -0.25) is 14.9 Å². The molecule has 7 nitrogen and oxygen atoms in total. The normalized spacial score (nSPS) is 14.7. The van der Waals surface area contributed by atoms with Crippen LogP contribution in [0.1, 0.15) is 18.1 Å². The molecule has 1 fully saturated rings. The molecule has 0 unspecified atom stereocenters. The van der Waals surface area contributed by atoms with E-state index < -0.39 is 17.8 Å². The van der Waals surface area contributed by atoms with Crippen molar-refractivity contribution in [1.82, 2.24) is 5.32 Å². The first-order valence-corrected chi connectivity index (χ1v) is 12.2. The van der Waals surface area contributed by atoms with Crippen molar-refractivity contribution in [3.05, 3.63) is 91.8 Å². The maximum atomic E-state index is 13.5. The van der Waals surface area contributed by atoms with Gasteiger partial charge in [-0.25, -0.2) is 14.1 Å². The van der Waals surface area contributed by atoms with E-state index in [4.69, 9.17) is 21.1 Å². The molecule has 0 saturated carbocycles. The molecule has 0 bridgehead atoms. The van der Waals surface area contributed by atoms with Crippen LogP contribution < -0.4 is 19.7 Å². The Morgan fingerprint density at radius 2 is 1.83 bits per heavy atom. The highest BCUT2D eigenvalue weighted by Crippen LogP contribution is 2.36. The fourth-order valence-corrected chi connectivity index (χ4v) is 4.50. The Bertz CT molecular complexity index is 1390. The smallest absolute Gasteiger partial charge is 0.335 e. The molecule has 0 atom stereocenters. The Morgan fingerprint density at radius 1 is 1.06 bits per heavy atom. The van der Waals surface area contributed by atoms with Crippen molar-refractivity contribution in [3.8, 4) is 11.5 Å². The van der Waals surface area contributed by atoms with Crippen LogP contribution in [0.3, 0.4) is 0 Å². The zero-order chi connectivity index (χ0) is 25.8. The molecule has 3 aromatic carbocycles. The Balaban J connectivity index is 1.66. The number of urea groups is 1. The SMILES string of the molecule is CCOc1cc(/C=C2\C(=O)NC(=O)N(c3cccc(Cl)c3)C2=O)cc(I)c1OCc1cccc(F)c1. The third-order valence-electron chi connectivity index (χ3n) is 5.08. The minimum absolute atomic E-state index is 0.117. The van der Waals surface area contributed by atoms with Crippen LogP contribution in [0.4, 0.5) is 14.9 Å². The number of carbonyl (C=O) groups is 3. The van der Waals surface area contributed by atoms with Gasteiger partial charge in [0.1, 0.15) is 18.0 Å². The molecule has 1 aliphatic rings. The van der Waals surface area contributed by atoms with Gasteiger partial charge in [0, 0.05) is 5.02 Å². The van der Waals surface area contributed by atoms with Gasteiger partial charge in [-0.05, 0) is 89.2 Å². The van der Waals surface area contributed by atoms with E-state index in [2.05, 4.69) is 27.9 Å². The lowest BCUT2D eigenvalue weighted by atomic mass is 10.1. The predicted molar refractivity (Wildman–Crippen MR) is 142 cm³/mol. The van der Waals surface area contributed by atoms with Gasteiger partial charge in [-0.1, -0.05) is 29.8 Å². The van der Waals surface area contributed by atoms with Gasteiger partial charge in [0.25, 0.3) is 11.8 Å². The first-order chi connectivity index (χ1) is 17.3. The lowest BCUT2D eigenvalue weighted by molar-refractivity contribution is -0.122. The number of halogens is 3. The van der Waals surface area contributed by atoms with E-state index in [1.165, 1.54) is 30.3 Å². The highest BCUT2D eigenvalue weighted by Gasteiger charge is 2.37. The Kier molecular flexibility index (Phi) is 7.90. The lowest BCUT2D eigenvalue weighted by Crippen LogP contribution is -2.54. The van der Waals surface area contributed by atoms with E-state index in [9.17, 15) is 18.8 Å². The van der Waals surface area contributed by atoms with E-state index in [0.29, 0.717) is 37.8 Å². The number of anilines is 1. The summed E-state index contributed by atoms with van der Waals surface area (Å²) in [5, 5.41) is 2.52. The summed E-state index contributed by atoms with van der Waals surface area (Å²) in [6.45, 7) is 2.26. The minimum Gasteiger partial charge on any atom is -0.490 e. The first-order valence-electron chi connectivity index (χ1n) is 10.8. The van der Waals surface area contributed by atoms with Gasteiger partial charge < -0.3 is 9.47 Å². The van der Waals surface area contributed by atoms with Crippen molar-refractivity contribution in [2.24, 2.45) is 0 Å². The Hall–Kier alpha value is -3.44. The van der Waals surface area contributed by atoms with Gasteiger partial charge in [0.2, 0.25) is 0 Å². The summed E-state index contributed by atoms with van der Waals surface area (Å²) in [5.41, 5.74) is 1.13. The molecule has 1 aliphatic heterocycles. The van der Waals surface area contributed by atoms with E-state index in [0.717, 1.165) is 4.90 Å². The highest BCUT2D eigenvalue weighted by atomic mass is 127. The second-order valence-electron chi connectivity index (χ2n) is 7.62.